The number of rotatable bonds is 4. The van der Waals surface area contributed by atoms with E-state index in [1.54, 1.807) is 12.1 Å². The molecule has 2 aromatic carbocycles. The lowest BCUT2D eigenvalue weighted by molar-refractivity contribution is 0.401. The predicted octanol–water partition coefficient (Wildman–Crippen LogP) is 3.99. The monoisotopic (exact) mass is 345 g/mol. The van der Waals surface area contributed by atoms with Gasteiger partial charge in [0.2, 0.25) is 0 Å². The second-order valence-electron chi connectivity index (χ2n) is 6.38. The van der Waals surface area contributed by atoms with Gasteiger partial charge in [0.25, 0.3) is 10.0 Å². The van der Waals surface area contributed by atoms with Crippen molar-refractivity contribution >= 4 is 15.7 Å². The van der Waals surface area contributed by atoms with Gasteiger partial charge in [-0.25, -0.2) is 8.42 Å². The van der Waals surface area contributed by atoms with E-state index in [1.165, 1.54) is 12.7 Å². The molecule has 0 bridgehead atoms. The Morgan fingerprint density at radius 1 is 0.958 bits per heavy atom. The van der Waals surface area contributed by atoms with Gasteiger partial charge in [0.05, 0.1) is 7.11 Å². The Morgan fingerprint density at radius 2 is 1.62 bits per heavy atom. The van der Waals surface area contributed by atoms with Crippen LogP contribution in [-0.4, -0.2) is 15.5 Å². The molecule has 0 aromatic heterocycles. The van der Waals surface area contributed by atoms with Gasteiger partial charge in [-0.1, -0.05) is 6.07 Å². The molecular formula is C19H23NO3S. The van der Waals surface area contributed by atoms with Crippen molar-refractivity contribution in [3.63, 3.8) is 0 Å². The fourth-order valence-corrected chi connectivity index (χ4v) is 4.38. The SMILES string of the molecule is COc1cc2c(cc1S(=O)(=O)Nc1ccc(C)c(C)c1)CCCC2. The summed E-state index contributed by atoms with van der Waals surface area (Å²) in [5.74, 6) is 0.409. The van der Waals surface area contributed by atoms with Crippen LogP contribution in [0.1, 0.15) is 35.1 Å². The van der Waals surface area contributed by atoms with Crippen LogP contribution >= 0.6 is 0 Å². The third-order valence-corrected chi connectivity index (χ3v) is 6.08. The molecule has 0 atom stereocenters. The van der Waals surface area contributed by atoms with Gasteiger partial charge in [0.15, 0.2) is 0 Å². The molecule has 128 valence electrons. The first-order valence-electron chi connectivity index (χ1n) is 8.20. The zero-order valence-corrected chi connectivity index (χ0v) is 15.2. The average molecular weight is 345 g/mol. The summed E-state index contributed by atoms with van der Waals surface area (Å²) >= 11 is 0. The number of aryl methyl sites for hydroxylation is 4. The molecule has 0 heterocycles. The lowest BCUT2D eigenvalue weighted by Crippen LogP contribution is -2.16. The first-order valence-corrected chi connectivity index (χ1v) is 9.69. The predicted molar refractivity (Wildman–Crippen MR) is 96.4 cm³/mol. The number of sulfonamides is 1. The van der Waals surface area contributed by atoms with E-state index in [0.29, 0.717) is 11.4 Å². The summed E-state index contributed by atoms with van der Waals surface area (Å²) in [6, 6.07) is 9.19. The quantitative estimate of drug-likeness (QED) is 0.911. The topological polar surface area (TPSA) is 55.4 Å². The normalized spacial score (nSPS) is 14.1. The lowest BCUT2D eigenvalue weighted by atomic mass is 9.92. The number of hydrogen-bond acceptors (Lipinski definition) is 3. The number of anilines is 1. The fraction of sp³-hybridized carbons (Fsp3) is 0.368. The van der Waals surface area contributed by atoms with Crippen molar-refractivity contribution < 1.29 is 13.2 Å². The minimum atomic E-state index is -3.69. The van der Waals surface area contributed by atoms with E-state index < -0.39 is 10.0 Å². The Bertz CT molecular complexity index is 872. The molecule has 3 rings (SSSR count). The number of nitrogens with one attached hydrogen (secondary N) is 1. The van der Waals surface area contributed by atoms with Crippen molar-refractivity contribution in [2.75, 3.05) is 11.8 Å². The average Bonchev–Trinajstić information content (AvgIpc) is 2.56. The summed E-state index contributed by atoms with van der Waals surface area (Å²) in [6.07, 6.45) is 4.15. The molecule has 1 aliphatic carbocycles. The summed E-state index contributed by atoms with van der Waals surface area (Å²) in [6.45, 7) is 3.97. The van der Waals surface area contributed by atoms with E-state index in [-0.39, 0.29) is 4.90 Å². The smallest absolute Gasteiger partial charge is 0.265 e. The molecule has 5 heteroatoms. The molecule has 1 N–H and O–H groups in total. The van der Waals surface area contributed by atoms with Crippen LogP contribution in [0.25, 0.3) is 0 Å². The third-order valence-electron chi connectivity index (χ3n) is 4.68. The molecule has 1 aliphatic rings. The van der Waals surface area contributed by atoms with Crippen molar-refractivity contribution in [2.24, 2.45) is 0 Å². The molecule has 2 aromatic rings. The van der Waals surface area contributed by atoms with Crippen molar-refractivity contribution in [1.82, 2.24) is 0 Å². The maximum Gasteiger partial charge on any atom is 0.265 e. The van der Waals surface area contributed by atoms with E-state index in [4.69, 9.17) is 4.74 Å². The minimum absolute atomic E-state index is 0.212. The van der Waals surface area contributed by atoms with E-state index in [0.717, 1.165) is 42.4 Å². The Hall–Kier alpha value is -2.01. The maximum absolute atomic E-state index is 12.9. The first kappa shape index (κ1) is 16.8. The highest BCUT2D eigenvalue weighted by Crippen LogP contribution is 2.33. The summed E-state index contributed by atoms with van der Waals surface area (Å²) in [5.41, 5.74) is 5.06. The second kappa shape index (κ2) is 6.48. The van der Waals surface area contributed by atoms with Crippen molar-refractivity contribution in [2.45, 2.75) is 44.4 Å². The van der Waals surface area contributed by atoms with Gasteiger partial charge in [-0.05, 0) is 86.1 Å². The van der Waals surface area contributed by atoms with Gasteiger partial charge in [0.1, 0.15) is 10.6 Å². The largest absolute Gasteiger partial charge is 0.495 e. The summed E-state index contributed by atoms with van der Waals surface area (Å²) in [5, 5.41) is 0. The van der Waals surface area contributed by atoms with Gasteiger partial charge in [-0.15, -0.1) is 0 Å². The zero-order valence-electron chi connectivity index (χ0n) is 14.3. The highest BCUT2D eigenvalue weighted by atomic mass is 32.2. The van der Waals surface area contributed by atoms with Crippen molar-refractivity contribution in [3.05, 3.63) is 52.6 Å². The molecule has 0 saturated carbocycles. The van der Waals surface area contributed by atoms with Crippen LogP contribution in [0.2, 0.25) is 0 Å². The molecule has 0 amide bonds. The van der Waals surface area contributed by atoms with E-state index >= 15 is 0 Å². The number of hydrogen-bond donors (Lipinski definition) is 1. The lowest BCUT2D eigenvalue weighted by Gasteiger charge is -2.19. The standard InChI is InChI=1S/C19H23NO3S/c1-13-8-9-17(10-14(13)2)20-24(21,22)19-12-16-7-5-4-6-15(16)11-18(19)23-3/h8-12,20H,4-7H2,1-3H3. The maximum atomic E-state index is 12.9. The van der Waals surface area contributed by atoms with Crippen LogP contribution < -0.4 is 9.46 Å². The minimum Gasteiger partial charge on any atom is -0.495 e. The van der Waals surface area contributed by atoms with Crippen molar-refractivity contribution in [3.8, 4) is 5.75 Å². The van der Waals surface area contributed by atoms with Gasteiger partial charge in [-0.2, -0.15) is 0 Å². The highest BCUT2D eigenvalue weighted by molar-refractivity contribution is 7.92. The first-order chi connectivity index (χ1) is 11.4. The summed E-state index contributed by atoms with van der Waals surface area (Å²) in [7, 11) is -2.18. The molecule has 0 unspecified atom stereocenters. The molecule has 0 aliphatic heterocycles. The van der Waals surface area contributed by atoms with Crippen LogP contribution in [-0.2, 0) is 22.9 Å². The van der Waals surface area contributed by atoms with Crippen molar-refractivity contribution in [1.29, 1.82) is 0 Å². The number of methoxy groups -OCH3 is 1. The third kappa shape index (κ3) is 3.26. The van der Waals surface area contributed by atoms with Gasteiger partial charge >= 0.3 is 0 Å². The van der Waals surface area contributed by atoms with Gasteiger partial charge in [0, 0.05) is 5.69 Å². The Morgan fingerprint density at radius 3 is 2.25 bits per heavy atom. The summed E-state index contributed by atoms with van der Waals surface area (Å²) in [4.78, 5) is 0.212. The number of benzene rings is 2. The van der Waals surface area contributed by atoms with E-state index in [2.05, 4.69) is 4.72 Å². The number of fused-ring (bicyclic) bond motifs is 1. The molecule has 0 radical (unpaired) electrons. The van der Waals surface area contributed by atoms with Crippen LogP contribution in [0.5, 0.6) is 5.75 Å². The van der Waals surface area contributed by atoms with E-state index in [9.17, 15) is 8.42 Å². The van der Waals surface area contributed by atoms with Gasteiger partial charge in [-0.3, -0.25) is 4.72 Å². The van der Waals surface area contributed by atoms with Crippen LogP contribution in [0.3, 0.4) is 0 Å². The highest BCUT2D eigenvalue weighted by Gasteiger charge is 2.23. The molecule has 0 saturated heterocycles. The van der Waals surface area contributed by atoms with E-state index in [1.807, 2.05) is 32.0 Å². The Labute approximate surface area is 143 Å². The van der Waals surface area contributed by atoms with Crippen LogP contribution in [0.4, 0.5) is 5.69 Å². The molecule has 0 fully saturated rings. The Kier molecular flexibility index (Phi) is 4.54. The fourth-order valence-electron chi connectivity index (χ4n) is 3.13. The zero-order chi connectivity index (χ0) is 17.3. The second-order valence-corrected chi connectivity index (χ2v) is 8.03. The van der Waals surface area contributed by atoms with Crippen LogP contribution in [0, 0.1) is 13.8 Å². The van der Waals surface area contributed by atoms with Crippen LogP contribution in [0.15, 0.2) is 35.2 Å². The molecule has 24 heavy (non-hydrogen) atoms. The van der Waals surface area contributed by atoms with Gasteiger partial charge < -0.3 is 4.74 Å². The molecule has 0 spiro atoms. The molecule has 4 nitrogen and oxygen atoms in total. The molecular weight excluding hydrogens is 322 g/mol. The number of ether oxygens (including phenoxy) is 1. The summed E-state index contributed by atoms with van der Waals surface area (Å²) < 4.78 is 33.8. The Balaban J connectivity index is 2.00.